The molecule has 0 radical (unpaired) electrons. The summed E-state index contributed by atoms with van der Waals surface area (Å²) in [6.45, 7) is 6.84. The van der Waals surface area contributed by atoms with Crippen molar-refractivity contribution in [3.8, 4) is 0 Å². The number of nitrogens with zero attached hydrogens (tertiary/aromatic N) is 3. The van der Waals surface area contributed by atoms with E-state index < -0.39 is 11.8 Å². The van der Waals surface area contributed by atoms with Crippen LogP contribution in [0.25, 0.3) is 10.8 Å². The average Bonchev–Trinajstić information content (AvgIpc) is 3.43. The van der Waals surface area contributed by atoms with Crippen LogP contribution in [0.1, 0.15) is 50.5 Å². The Hall–Kier alpha value is -3.72. The fraction of sp³-hybridized carbons (Fsp3) is 0.250. The topological polar surface area (TPSA) is 98.0 Å². The Kier molecular flexibility index (Phi) is 6.41. The number of rotatable bonds is 6. The first kappa shape index (κ1) is 22.5. The summed E-state index contributed by atoms with van der Waals surface area (Å²) in [4.78, 5) is 39.6. The molecule has 0 saturated carbocycles. The molecule has 8 nitrogen and oxygen atoms in total. The van der Waals surface area contributed by atoms with Crippen LogP contribution >= 0.6 is 11.3 Å². The van der Waals surface area contributed by atoms with E-state index in [1.165, 1.54) is 9.56 Å². The molecule has 170 valence electrons. The number of hydrogen-bond donors (Lipinski definition) is 2. The molecule has 0 aliphatic carbocycles. The highest BCUT2D eigenvalue weighted by Crippen LogP contribution is 2.19. The van der Waals surface area contributed by atoms with Gasteiger partial charge in [0.15, 0.2) is 5.69 Å². The largest absolute Gasteiger partial charge is 0.343 e. The van der Waals surface area contributed by atoms with Gasteiger partial charge in [-0.25, -0.2) is 4.68 Å². The van der Waals surface area contributed by atoms with Gasteiger partial charge in [-0.3, -0.25) is 25.2 Å². The van der Waals surface area contributed by atoms with Crippen LogP contribution in [0.3, 0.4) is 0 Å². The van der Waals surface area contributed by atoms with Crippen molar-refractivity contribution in [2.45, 2.75) is 40.3 Å². The first-order valence-electron chi connectivity index (χ1n) is 10.7. The standard InChI is InChI=1S/C24H25N5O3S/c1-4-11-29-24(32)19-10-6-5-9-18(19)21(27-29)23(31)26-25-22(30)20-13-15(2)28(16(20)3)14-17-8-7-12-33-17/h5-10,12-13H,4,11,14H2,1-3H3,(H,25,30)(H,26,31). The molecule has 3 heterocycles. The zero-order valence-corrected chi connectivity index (χ0v) is 19.5. The minimum atomic E-state index is -0.586. The lowest BCUT2D eigenvalue weighted by atomic mass is 10.1. The average molecular weight is 464 g/mol. The second-order valence-electron chi connectivity index (χ2n) is 7.78. The number of hydrogen-bond acceptors (Lipinski definition) is 5. The highest BCUT2D eigenvalue weighted by atomic mass is 32.1. The molecule has 0 bridgehead atoms. The van der Waals surface area contributed by atoms with Crippen molar-refractivity contribution in [3.05, 3.63) is 85.7 Å². The third kappa shape index (κ3) is 4.45. The van der Waals surface area contributed by atoms with Crippen LogP contribution in [0.2, 0.25) is 0 Å². The summed E-state index contributed by atoms with van der Waals surface area (Å²) in [6.07, 6.45) is 0.699. The van der Waals surface area contributed by atoms with E-state index in [1.54, 1.807) is 41.7 Å². The van der Waals surface area contributed by atoms with Gasteiger partial charge in [-0.2, -0.15) is 5.10 Å². The van der Waals surface area contributed by atoms with Gasteiger partial charge in [0.1, 0.15) is 0 Å². The van der Waals surface area contributed by atoms with Crippen LogP contribution in [-0.4, -0.2) is 26.2 Å². The molecule has 4 aromatic rings. The third-order valence-corrected chi connectivity index (χ3v) is 6.38. The van der Waals surface area contributed by atoms with Gasteiger partial charge in [-0.05, 0) is 43.8 Å². The normalized spacial score (nSPS) is 11.0. The van der Waals surface area contributed by atoms with Crippen LogP contribution in [0, 0.1) is 13.8 Å². The summed E-state index contributed by atoms with van der Waals surface area (Å²) in [5.41, 5.74) is 7.04. The Morgan fingerprint density at radius 1 is 1.03 bits per heavy atom. The lowest BCUT2D eigenvalue weighted by Gasteiger charge is -2.12. The van der Waals surface area contributed by atoms with E-state index >= 15 is 0 Å². The Labute approximate surface area is 194 Å². The number of nitrogens with one attached hydrogen (secondary N) is 2. The number of thiophene rings is 1. The Morgan fingerprint density at radius 2 is 1.76 bits per heavy atom. The number of fused-ring (bicyclic) bond motifs is 1. The van der Waals surface area contributed by atoms with Gasteiger partial charge < -0.3 is 4.57 Å². The molecule has 0 unspecified atom stereocenters. The highest BCUT2D eigenvalue weighted by Gasteiger charge is 2.20. The maximum atomic E-state index is 12.9. The van der Waals surface area contributed by atoms with Crippen molar-refractivity contribution < 1.29 is 9.59 Å². The summed E-state index contributed by atoms with van der Waals surface area (Å²) in [5, 5.41) is 7.13. The molecule has 0 aliphatic rings. The van der Waals surface area contributed by atoms with Crippen LogP contribution in [0.5, 0.6) is 0 Å². The zero-order valence-electron chi connectivity index (χ0n) is 18.7. The van der Waals surface area contributed by atoms with Gasteiger partial charge in [0, 0.05) is 28.2 Å². The van der Waals surface area contributed by atoms with Crippen molar-refractivity contribution in [1.82, 2.24) is 25.2 Å². The molecule has 1 aromatic carbocycles. The molecule has 33 heavy (non-hydrogen) atoms. The predicted molar refractivity (Wildman–Crippen MR) is 129 cm³/mol. The minimum absolute atomic E-state index is 0.0853. The van der Waals surface area contributed by atoms with E-state index in [-0.39, 0.29) is 11.3 Å². The molecule has 0 atom stereocenters. The summed E-state index contributed by atoms with van der Waals surface area (Å²) in [7, 11) is 0. The number of hydrazine groups is 1. The van der Waals surface area contributed by atoms with E-state index in [0.717, 1.165) is 11.4 Å². The summed E-state index contributed by atoms with van der Waals surface area (Å²) < 4.78 is 3.36. The van der Waals surface area contributed by atoms with Crippen molar-refractivity contribution in [2.75, 3.05) is 0 Å². The summed E-state index contributed by atoms with van der Waals surface area (Å²) >= 11 is 1.66. The number of benzene rings is 1. The summed E-state index contributed by atoms with van der Waals surface area (Å²) in [6, 6.07) is 12.7. The molecular formula is C24H25N5O3S. The van der Waals surface area contributed by atoms with Crippen molar-refractivity contribution in [3.63, 3.8) is 0 Å². The van der Waals surface area contributed by atoms with Crippen LogP contribution in [0.4, 0.5) is 0 Å². The SMILES string of the molecule is CCCn1nc(C(=O)NNC(=O)c2cc(C)n(Cc3cccs3)c2C)c2ccccc2c1=O. The lowest BCUT2D eigenvalue weighted by Crippen LogP contribution is -2.43. The van der Waals surface area contributed by atoms with E-state index in [0.29, 0.717) is 35.8 Å². The van der Waals surface area contributed by atoms with Crippen molar-refractivity contribution in [2.24, 2.45) is 0 Å². The molecular weight excluding hydrogens is 438 g/mol. The van der Waals surface area contributed by atoms with Crippen LogP contribution in [-0.2, 0) is 13.1 Å². The van der Waals surface area contributed by atoms with Gasteiger partial charge in [-0.15, -0.1) is 11.3 Å². The van der Waals surface area contributed by atoms with Gasteiger partial charge >= 0.3 is 0 Å². The van der Waals surface area contributed by atoms with Crippen LogP contribution in [0.15, 0.2) is 52.6 Å². The van der Waals surface area contributed by atoms with E-state index in [9.17, 15) is 14.4 Å². The number of carbonyl (C=O) groups excluding carboxylic acids is 2. The minimum Gasteiger partial charge on any atom is -0.343 e. The molecule has 9 heteroatoms. The van der Waals surface area contributed by atoms with Crippen molar-refractivity contribution in [1.29, 1.82) is 0 Å². The maximum absolute atomic E-state index is 12.9. The van der Waals surface area contributed by atoms with Crippen LogP contribution < -0.4 is 16.4 Å². The van der Waals surface area contributed by atoms with E-state index in [1.807, 2.05) is 32.2 Å². The predicted octanol–water partition coefficient (Wildman–Crippen LogP) is 3.41. The molecule has 3 aromatic heterocycles. The first-order chi connectivity index (χ1) is 15.9. The smallest absolute Gasteiger partial charge is 0.290 e. The molecule has 2 amide bonds. The second kappa shape index (κ2) is 9.41. The van der Waals surface area contributed by atoms with Gasteiger partial charge in [0.2, 0.25) is 0 Å². The van der Waals surface area contributed by atoms with E-state index in [4.69, 9.17) is 0 Å². The monoisotopic (exact) mass is 463 g/mol. The van der Waals surface area contributed by atoms with Gasteiger partial charge in [0.25, 0.3) is 17.4 Å². The Balaban J connectivity index is 1.55. The molecule has 4 rings (SSSR count). The quantitative estimate of drug-likeness (QED) is 0.428. The Morgan fingerprint density at radius 3 is 2.45 bits per heavy atom. The highest BCUT2D eigenvalue weighted by molar-refractivity contribution is 7.09. The molecule has 0 saturated heterocycles. The fourth-order valence-corrected chi connectivity index (χ4v) is 4.53. The summed E-state index contributed by atoms with van der Waals surface area (Å²) in [5.74, 6) is -1.00. The van der Waals surface area contributed by atoms with E-state index in [2.05, 4.69) is 26.6 Å². The number of amides is 2. The van der Waals surface area contributed by atoms with Crippen molar-refractivity contribution >= 4 is 33.9 Å². The maximum Gasteiger partial charge on any atom is 0.290 e. The second-order valence-corrected chi connectivity index (χ2v) is 8.81. The lowest BCUT2D eigenvalue weighted by molar-refractivity contribution is 0.0843. The number of carbonyl (C=O) groups is 2. The van der Waals surface area contributed by atoms with Gasteiger partial charge in [0.05, 0.1) is 17.5 Å². The molecule has 0 fully saturated rings. The first-order valence-corrected chi connectivity index (χ1v) is 11.6. The third-order valence-electron chi connectivity index (χ3n) is 5.52. The molecule has 0 aliphatic heterocycles. The Bertz CT molecular complexity index is 1390. The number of aryl methyl sites for hydroxylation is 2. The van der Waals surface area contributed by atoms with Gasteiger partial charge in [-0.1, -0.05) is 31.2 Å². The fourth-order valence-electron chi connectivity index (χ4n) is 3.84. The molecule has 2 N–H and O–H groups in total. The molecule has 0 spiro atoms. The zero-order chi connectivity index (χ0) is 23.5. The number of aromatic nitrogens is 3.